The predicted octanol–water partition coefficient (Wildman–Crippen LogP) is 3.92. The summed E-state index contributed by atoms with van der Waals surface area (Å²) < 4.78 is 30.4. The molecule has 3 aromatic rings. The summed E-state index contributed by atoms with van der Waals surface area (Å²) in [6, 6.07) is 16.0. The first-order valence-corrected chi connectivity index (χ1v) is 12.9. The van der Waals surface area contributed by atoms with Crippen molar-refractivity contribution >= 4 is 17.6 Å². The number of aromatic nitrogens is 2. The average Bonchev–Trinajstić information content (AvgIpc) is 2.94. The van der Waals surface area contributed by atoms with Crippen molar-refractivity contribution < 1.29 is 28.2 Å². The van der Waals surface area contributed by atoms with Gasteiger partial charge in [0.1, 0.15) is 5.82 Å². The van der Waals surface area contributed by atoms with E-state index >= 15 is 0 Å². The molecule has 2 aliphatic rings. The molecule has 39 heavy (non-hydrogen) atoms. The minimum Gasteiger partial charge on any atom is -0.434 e. The van der Waals surface area contributed by atoms with Gasteiger partial charge in [-0.05, 0) is 56.3 Å². The Morgan fingerprint density at radius 2 is 1.62 bits per heavy atom. The molecule has 9 nitrogen and oxygen atoms in total. The van der Waals surface area contributed by atoms with Gasteiger partial charge in [0.15, 0.2) is 5.82 Å². The van der Waals surface area contributed by atoms with E-state index in [0.29, 0.717) is 24.1 Å². The van der Waals surface area contributed by atoms with Crippen LogP contribution in [0.2, 0.25) is 0 Å². The number of hydrogen-bond donors (Lipinski definition) is 0. The third kappa shape index (κ3) is 6.77. The number of piperazine rings is 1. The van der Waals surface area contributed by atoms with Crippen molar-refractivity contribution in [2.24, 2.45) is 0 Å². The third-order valence-corrected chi connectivity index (χ3v) is 6.56. The lowest BCUT2D eigenvalue weighted by Gasteiger charge is -2.36. The first kappa shape index (κ1) is 26.3. The van der Waals surface area contributed by atoms with E-state index in [2.05, 4.69) is 31.9 Å². The summed E-state index contributed by atoms with van der Waals surface area (Å²) in [4.78, 5) is 38.1. The molecule has 202 valence electrons. The molecule has 0 aliphatic carbocycles. The molecular formula is C29H29FN4O5. The molecule has 1 atom stereocenters. The number of anilines is 1. The average molecular weight is 533 g/mol. The van der Waals surface area contributed by atoms with Gasteiger partial charge in [-0.25, -0.2) is 19.0 Å². The summed E-state index contributed by atoms with van der Waals surface area (Å²) in [5.74, 6) is -1.63. The van der Waals surface area contributed by atoms with E-state index in [1.165, 1.54) is 17.8 Å². The van der Waals surface area contributed by atoms with E-state index in [1.807, 2.05) is 18.2 Å². The van der Waals surface area contributed by atoms with Gasteiger partial charge in [-0.3, -0.25) is 4.90 Å². The monoisotopic (exact) mass is 532 g/mol. The van der Waals surface area contributed by atoms with Crippen LogP contribution in [0.5, 0.6) is 11.6 Å². The number of carbonyl (C=O) groups excluding carboxylic acids is 2. The number of rotatable bonds is 6. The fourth-order valence-corrected chi connectivity index (χ4v) is 4.52. The van der Waals surface area contributed by atoms with Crippen LogP contribution in [0.1, 0.15) is 18.5 Å². The molecule has 1 fully saturated rings. The van der Waals surface area contributed by atoms with Crippen LogP contribution in [0.3, 0.4) is 0 Å². The Bertz CT molecular complexity index is 1340. The molecule has 1 unspecified atom stereocenters. The molecule has 0 saturated carbocycles. The summed E-state index contributed by atoms with van der Waals surface area (Å²) in [5, 5.41) is 0. The van der Waals surface area contributed by atoms with E-state index in [4.69, 9.17) is 14.2 Å². The topological polar surface area (TPSA) is 94.1 Å². The van der Waals surface area contributed by atoms with E-state index in [9.17, 15) is 14.0 Å². The number of carbonyl (C=O) groups is 2. The number of cyclic esters (lactones) is 1. The first-order valence-electron chi connectivity index (χ1n) is 12.9. The number of fused-ring (bicyclic) bond motifs is 1. The molecule has 2 aromatic carbocycles. The van der Waals surface area contributed by atoms with Crippen LogP contribution in [0.4, 0.5) is 10.1 Å². The molecule has 10 heteroatoms. The highest BCUT2D eigenvalue weighted by Gasteiger charge is 2.25. The van der Waals surface area contributed by atoms with Crippen molar-refractivity contribution in [2.75, 3.05) is 37.6 Å². The van der Waals surface area contributed by atoms with Crippen LogP contribution in [-0.4, -0.2) is 65.8 Å². The number of benzene rings is 2. The number of esters is 2. The summed E-state index contributed by atoms with van der Waals surface area (Å²) in [6.45, 7) is 6.18. The molecular weight excluding hydrogens is 503 g/mol. The maximum atomic E-state index is 13.4. The van der Waals surface area contributed by atoms with Crippen molar-refractivity contribution in [1.29, 1.82) is 0 Å². The van der Waals surface area contributed by atoms with Crippen LogP contribution in [0, 0.1) is 12.7 Å². The van der Waals surface area contributed by atoms with Crippen molar-refractivity contribution in [3.63, 3.8) is 0 Å². The second-order valence-electron chi connectivity index (χ2n) is 9.32. The van der Waals surface area contributed by atoms with Gasteiger partial charge in [0.25, 0.3) is 5.88 Å². The zero-order valence-corrected chi connectivity index (χ0v) is 21.6. The highest BCUT2D eigenvalue weighted by molar-refractivity contribution is 5.93. The second kappa shape index (κ2) is 12.0. The Kier molecular flexibility index (Phi) is 8.12. The molecule has 3 heterocycles. The van der Waals surface area contributed by atoms with Crippen molar-refractivity contribution in [1.82, 2.24) is 14.9 Å². The lowest BCUT2D eigenvalue weighted by Crippen LogP contribution is -2.46. The highest BCUT2D eigenvalue weighted by atomic mass is 19.1. The van der Waals surface area contributed by atoms with Gasteiger partial charge in [-0.1, -0.05) is 18.2 Å². The third-order valence-electron chi connectivity index (χ3n) is 6.56. The number of halogens is 1. The molecule has 2 aliphatic heterocycles. The van der Waals surface area contributed by atoms with Gasteiger partial charge in [-0.15, -0.1) is 0 Å². The maximum Gasteiger partial charge on any atom is 0.336 e. The lowest BCUT2D eigenvalue weighted by molar-refractivity contribution is -0.159. The SMILES string of the molecule is Cc1nc(-c2ccc(F)cc2)nc2c1OC(=O)/C=C\C(=O)OC(CCCN1CCN(c3ccccc3)CC1)O2. The van der Waals surface area contributed by atoms with Crippen LogP contribution in [0.25, 0.3) is 11.4 Å². The molecule has 0 bridgehead atoms. The van der Waals surface area contributed by atoms with Gasteiger partial charge < -0.3 is 19.1 Å². The number of nitrogens with zero attached hydrogens (tertiary/aromatic N) is 4. The Labute approximate surface area is 225 Å². The second-order valence-corrected chi connectivity index (χ2v) is 9.32. The normalized spacial score (nSPS) is 18.9. The van der Waals surface area contributed by atoms with Crippen LogP contribution >= 0.6 is 0 Å². The van der Waals surface area contributed by atoms with Crippen molar-refractivity contribution in [3.05, 3.63) is 78.3 Å². The molecule has 0 N–H and O–H groups in total. The molecule has 1 aromatic heterocycles. The van der Waals surface area contributed by atoms with E-state index in [1.54, 1.807) is 19.1 Å². The lowest BCUT2D eigenvalue weighted by atomic mass is 10.2. The Balaban J connectivity index is 1.27. The quantitative estimate of drug-likeness (QED) is 0.438. The standard InChI is InChI=1S/C29H29FN4O5/c1-20-27-29(32-28(31-20)21-9-11-22(30)12-10-21)39-26(37-24(35)13-14-25(36)38-27)8-5-15-33-16-18-34(19-17-33)23-6-3-2-4-7-23/h2-4,6-7,9-14,26H,5,8,15-19H2,1H3/b14-13-. The smallest absolute Gasteiger partial charge is 0.336 e. The van der Waals surface area contributed by atoms with E-state index < -0.39 is 18.2 Å². The number of hydrogen-bond acceptors (Lipinski definition) is 9. The van der Waals surface area contributed by atoms with E-state index in [0.717, 1.165) is 44.9 Å². The van der Waals surface area contributed by atoms with Gasteiger partial charge in [-0.2, -0.15) is 4.98 Å². The van der Waals surface area contributed by atoms with Crippen molar-refractivity contribution in [2.45, 2.75) is 26.1 Å². The van der Waals surface area contributed by atoms with Crippen LogP contribution in [-0.2, 0) is 14.3 Å². The Morgan fingerprint density at radius 1 is 0.897 bits per heavy atom. The predicted molar refractivity (Wildman–Crippen MR) is 142 cm³/mol. The summed E-state index contributed by atoms with van der Waals surface area (Å²) in [6.07, 6.45) is 2.15. The van der Waals surface area contributed by atoms with Gasteiger partial charge >= 0.3 is 11.9 Å². The molecule has 0 radical (unpaired) electrons. The fraction of sp³-hybridized carbons (Fsp3) is 0.310. The van der Waals surface area contributed by atoms with Crippen LogP contribution < -0.4 is 14.4 Å². The highest BCUT2D eigenvalue weighted by Crippen LogP contribution is 2.33. The zero-order chi connectivity index (χ0) is 27.2. The number of para-hydroxylation sites is 1. The Hall–Kier alpha value is -4.31. The largest absolute Gasteiger partial charge is 0.434 e. The maximum absolute atomic E-state index is 13.4. The van der Waals surface area contributed by atoms with Gasteiger partial charge in [0, 0.05) is 56.0 Å². The summed E-state index contributed by atoms with van der Waals surface area (Å²) >= 11 is 0. The van der Waals surface area contributed by atoms with Crippen molar-refractivity contribution in [3.8, 4) is 23.0 Å². The zero-order valence-electron chi connectivity index (χ0n) is 21.6. The molecule has 0 spiro atoms. The minimum atomic E-state index is -0.960. The van der Waals surface area contributed by atoms with Gasteiger partial charge in [0.05, 0.1) is 5.69 Å². The summed E-state index contributed by atoms with van der Waals surface area (Å²) in [5.41, 5.74) is 2.13. The number of ether oxygens (including phenoxy) is 3. The minimum absolute atomic E-state index is 0.0280. The van der Waals surface area contributed by atoms with Gasteiger partial charge in [0.2, 0.25) is 12.0 Å². The molecule has 1 saturated heterocycles. The molecule has 5 rings (SSSR count). The first-order chi connectivity index (χ1) is 18.9. The fourth-order valence-electron chi connectivity index (χ4n) is 4.52. The Morgan fingerprint density at radius 3 is 2.36 bits per heavy atom. The molecule has 0 amide bonds. The van der Waals surface area contributed by atoms with Crippen LogP contribution in [0.15, 0.2) is 66.7 Å². The summed E-state index contributed by atoms with van der Waals surface area (Å²) in [7, 11) is 0. The number of aryl methyl sites for hydroxylation is 1. The van der Waals surface area contributed by atoms with E-state index in [-0.39, 0.29) is 23.3 Å².